The van der Waals surface area contributed by atoms with Crippen LogP contribution in [0.2, 0.25) is 0 Å². The highest BCUT2D eigenvalue weighted by Crippen LogP contribution is 2.10. The fourth-order valence-corrected chi connectivity index (χ4v) is 0.844. The van der Waals surface area contributed by atoms with Crippen molar-refractivity contribution in [1.29, 1.82) is 0 Å². The fourth-order valence-electron chi connectivity index (χ4n) is 0.844. The monoisotopic (exact) mass is 208 g/mol. The van der Waals surface area contributed by atoms with E-state index in [1.54, 1.807) is 0 Å². The van der Waals surface area contributed by atoms with Crippen molar-refractivity contribution in [2.45, 2.75) is 6.92 Å². The first-order valence-electron chi connectivity index (χ1n) is 4.05. The molecule has 6 heteroatoms. The zero-order chi connectivity index (χ0) is 11.3. The molecule has 0 N–H and O–H groups in total. The van der Waals surface area contributed by atoms with Crippen LogP contribution in [0.3, 0.4) is 0 Å². The molecule has 0 fully saturated rings. The van der Waals surface area contributed by atoms with Crippen LogP contribution >= 0.6 is 0 Å². The van der Waals surface area contributed by atoms with E-state index >= 15 is 0 Å². The second-order valence-corrected chi connectivity index (χ2v) is 2.67. The van der Waals surface area contributed by atoms with Gasteiger partial charge < -0.3 is 4.84 Å². The van der Waals surface area contributed by atoms with Crippen molar-refractivity contribution < 1.29 is 14.6 Å². The molecule has 0 radical (unpaired) electrons. The third-order valence-electron chi connectivity index (χ3n) is 1.49. The highest BCUT2D eigenvalue weighted by Gasteiger charge is 2.02. The summed E-state index contributed by atoms with van der Waals surface area (Å²) in [6.45, 7) is 1.23. The van der Waals surface area contributed by atoms with Crippen LogP contribution in [-0.4, -0.2) is 17.1 Å². The number of nitro groups is 1. The second kappa shape index (κ2) is 4.85. The molecule has 0 spiro atoms. The number of benzene rings is 1. The molecule has 0 amide bonds. The Bertz CT molecular complexity index is 397. The number of rotatable bonds is 3. The summed E-state index contributed by atoms with van der Waals surface area (Å²) in [5, 5.41) is 13.7. The first-order chi connectivity index (χ1) is 7.09. The molecule has 0 atom stereocenters. The molecule has 0 aliphatic carbocycles. The standard InChI is InChI=1S/C9H8N2O4/c1-7(12)15-10-6-8-2-4-9(5-3-8)11(13)14/h2-6H,1H3. The fraction of sp³-hybridized carbons (Fsp3) is 0.111. The summed E-state index contributed by atoms with van der Waals surface area (Å²) in [5.41, 5.74) is 0.612. The number of oxime groups is 1. The molecule has 0 heterocycles. The third-order valence-corrected chi connectivity index (χ3v) is 1.49. The highest BCUT2D eigenvalue weighted by atomic mass is 16.7. The maximum absolute atomic E-state index is 10.4. The Balaban J connectivity index is 2.68. The minimum absolute atomic E-state index is 0.000337. The molecule has 0 aliphatic rings. The van der Waals surface area contributed by atoms with Gasteiger partial charge in [-0.1, -0.05) is 5.16 Å². The Morgan fingerprint density at radius 1 is 1.47 bits per heavy atom. The van der Waals surface area contributed by atoms with E-state index in [9.17, 15) is 14.9 Å². The summed E-state index contributed by atoms with van der Waals surface area (Å²) in [6.07, 6.45) is 1.30. The van der Waals surface area contributed by atoms with E-state index in [1.165, 1.54) is 37.4 Å². The largest absolute Gasteiger partial charge is 0.331 e. The summed E-state index contributed by atoms with van der Waals surface area (Å²) in [6, 6.07) is 5.69. The van der Waals surface area contributed by atoms with Crippen molar-refractivity contribution in [3.05, 3.63) is 39.9 Å². The van der Waals surface area contributed by atoms with Gasteiger partial charge in [0, 0.05) is 19.1 Å². The van der Waals surface area contributed by atoms with E-state index in [0.29, 0.717) is 5.56 Å². The topological polar surface area (TPSA) is 81.8 Å². The molecule has 15 heavy (non-hydrogen) atoms. The Kier molecular flexibility index (Phi) is 3.50. The molecule has 0 aliphatic heterocycles. The molecular formula is C9H8N2O4. The SMILES string of the molecule is CC(=O)ON=Cc1ccc([N+](=O)[O-])cc1. The number of carbonyl (C=O) groups is 1. The second-order valence-electron chi connectivity index (χ2n) is 2.67. The molecule has 0 unspecified atom stereocenters. The van der Waals surface area contributed by atoms with Crippen LogP contribution in [0.25, 0.3) is 0 Å². The number of hydrogen-bond donors (Lipinski definition) is 0. The van der Waals surface area contributed by atoms with Crippen molar-refractivity contribution in [2.75, 3.05) is 0 Å². The first-order valence-corrected chi connectivity index (χ1v) is 4.05. The molecule has 6 nitrogen and oxygen atoms in total. The number of nitro benzene ring substituents is 1. The van der Waals surface area contributed by atoms with Crippen molar-refractivity contribution >= 4 is 17.9 Å². The predicted octanol–water partition coefficient (Wildman–Crippen LogP) is 1.49. The van der Waals surface area contributed by atoms with Crippen LogP contribution in [-0.2, 0) is 9.63 Å². The molecule has 1 rings (SSSR count). The van der Waals surface area contributed by atoms with Crippen LogP contribution in [0.15, 0.2) is 29.4 Å². The van der Waals surface area contributed by atoms with E-state index in [4.69, 9.17) is 0 Å². The molecule has 0 saturated carbocycles. The van der Waals surface area contributed by atoms with E-state index in [1.807, 2.05) is 0 Å². The van der Waals surface area contributed by atoms with E-state index in [-0.39, 0.29) is 5.69 Å². The Morgan fingerprint density at radius 3 is 2.53 bits per heavy atom. The lowest BCUT2D eigenvalue weighted by molar-refractivity contribution is -0.384. The van der Waals surface area contributed by atoms with Crippen molar-refractivity contribution in [2.24, 2.45) is 5.16 Å². The van der Waals surface area contributed by atoms with E-state index in [0.717, 1.165) is 0 Å². The van der Waals surface area contributed by atoms with E-state index < -0.39 is 10.9 Å². The van der Waals surface area contributed by atoms with Crippen molar-refractivity contribution in [1.82, 2.24) is 0 Å². The average molecular weight is 208 g/mol. The highest BCUT2D eigenvalue weighted by molar-refractivity contribution is 5.80. The lowest BCUT2D eigenvalue weighted by Crippen LogP contribution is -1.92. The number of non-ortho nitro benzene ring substituents is 1. The first kappa shape index (κ1) is 10.8. The summed E-state index contributed by atoms with van der Waals surface area (Å²) in [4.78, 5) is 24.5. The van der Waals surface area contributed by atoms with Gasteiger partial charge in [-0.25, -0.2) is 4.79 Å². The minimum Gasteiger partial charge on any atom is -0.319 e. The van der Waals surface area contributed by atoms with Gasteiger partial charge in [-0.05, 0) is 17.7 Å². The minimum atomic E-state index is -0.520. The molecule has 1 aromatic rings. The molecule has 1 aromatic carbocycles. The summed E-state index contributed by atoms with van der Waals surface area (Å²) < 4.78 is 0. The van der Waals surface area contributed by atoms with Gasteiger partial charge in [-0.15, -0.1) is 0 Å². The number of hydrogen-bond acceptors (Lipinski definition) is 5. The molecule has 0 aromatic heterocycles. The van der Waals surface area contributed by atoms with Gasteiger partial charge in [0.25, 0.3) is 5.69 Å². The van der Waals surface area contributed by atoms with Crippen LogP contribution in [0.5, 0.6) is 0 Å². The molecule has 0 bridgehead atoms. The Hall–Kier alpha value is -2.24. The summed E-state index contributed by atoms with van der Waals surface area (Å²) in [7, 11) is 0. The third kappa shape index (κ3) is 3.55. The lowest BCUT2D eigenvalue weighted by atomic mass is 10.2. The average Bonchev–Trinajstić information content (AvgIpc) is 2.18. The Labute approximate surface area is 85.3 Å². The van der Waals surface area contributed by atoms with Gasteiger partial charge in [0.1, 0.15) is 0 Å². The quantitative estimate of drug-likeness (QED) is 0.326. The van der Waals surface area contributed by atoms with Gasteiger partial charge in [-0.3, -0.25) is 10.1 Å². The maximum atomic E-state index is 10.4. The number of nitrogens with zero attached hydrogens (tertiary/aromatic N) is 2. The van der Waals surface area contributed by atoms with Gasteiger partial charge >= 0.3 is 5.97 Å². The van der Waals surface area contributed by atoms with Crippen molar-refractivity contribution in [3.8, 4) is 0 Å². The normalized spacial score (nSPS) is 10.2. The molecule has 0 saturated heterocycles. The van der Waals surface area contributed by atoms with Crippen LogP contribution in [0.1, 0.15) is 12.5 Å². The van der Waals surface area contributed by atoms with Crippen molar-refractivity contribution in [3.63, 3.8) is 0 Å². The van der Waals surface area contributed by atoms with E-state index in [2.05, 4.69) is 9.99 Å². The summed E-state index contributed by atoms with van der Waals surface area (Å²) >= 11 is 0. The summed E-state index contributed by atoms with van der Waals surface area (Å²) in [5.74, 6) is -0.520. The predicted molar refractivity (Wildman–Crippen MR) is 52.5 cm³/mol. The van der Waals surface area contributed by atoms with Crippen LogP contribution in [0.4, 0.5) is 5.69 Å². The zero-order valence-corrected chi connectivity index (χ0v) is 7.91. The molecular weight excluding hydrogens is 200 g/mol. The Morgan fingerprint density at radius 2 is 2.07 bits per heavy atom. The maximum Gasteiger partial charge on any atom is 0.331 e. The smallest absolute Gasteiger partial charge is 0.319 e. The number of carbonyl (C=O) groups excluding carboxylic acids is 1. The van der Waals surface area contributed by atoms with Gasteiger partial charge in [0.15, 0.2) is 0 Å². The zero-order valence-electron chi connectivity index (χ0n) is 7.91. The lowest BCUT2D eigenvalue weighted by Gasteiger charge is -1.92. The van der Waals surface area contributed by atoms with Gasteiger partial charge in [0.05, 0.1) is 11.1 Å². The van der Waals surface area contributed by atoms with Crippen LogP contribution in [0, 0.1) is 10.1 Å². The molecule has 78 valence electrons. The van der Waals surface area contributed by atoms with Gasteiger partial charge in [-0.2, -0.15) is 0 Å². The van der Waals surface area contributed by atoms with Crippen LogP contribution < -0.4 is 0 Å². The van der Waals surface area contributed by atoms with Gasteiger partial charge in [0.2, 0.25) is 0 Å².